The first-order chi connectivity index (χ1) is 7.35. The van der Waals surface area contributed by atoms with Crippen LogP contribution >= 0.6 is 0 Å². The molecule has 16 heavy (non-hydrogen) atoms. The Balaban J connectivity index is 4.14. The van der Waals surface area contributed by atoms with Crippen molar-refractivity contribution >= 4 is 5.91 Å². The van der Waals surface area contributed by atoms with E-state index in [0.717, 1.165) is 19.4 Å². The van der Waals surface area contributed by atoms with Crippen molar-refractivity contribution in [2.75, 3.05) is 13.1 Å². The van der Waals surface area contributed by atoms with Crippen LogP contribution in [0.15, 0.2) is 0 Å². The van der Waals surface area contributed by atoms with Crippen molar-refractivity contribution in [3.8, 4) is 0 Å². The van der Waals surface area contributed by atoms with Crippen molar-refractivity contribution in [1.29, 1.82) is 0 Å². The Hall–Kier alpha value is -0.570. The minimum absolute atomic E-state index is 0.0204. The maximum absolute atomic E-state index is 11.8. The molecule has 96 valence electrons. The highest BCUT2D eigenvalue weighted by atomic mass is 16.1. The number of carbonyl (C=O) groups is 1. The number of carbonyl (C=O) groups excluding carboxylic acids is 1. The fourth-order valence-corrected chi connectivity index (χ4v) is 1.37. The number of hydrogen-bond donors (Lipinski definition) is 2. The summed E-state index contributed by atoms with van der Waals surface area (Å²) in [6.45, 7) is 12.0. The third-order valence-electron chi connectivity index (χ3n) is 3.57. The monoisotopic (exact) mass is 228 g/mol. The Morgan fingerprint density at radius 1 is 1.38 bits per heavy atom. The van der Waals surface area contributed by atoms with Crippen LogP contribution in [0.3, 0.4) is 0 Å². The fourth-order valence-electron chi connectivity index (χ4n) is 1.37. The third kappa shape index (κ3) is 4.97. The maximum Gasteiger partial charge on any atom is 0.224 e. The zero-order valence-electron chi connectivity index (χ0n) is 11.5. The van der Waals surface area contributed by atoms with Crippen LogP contribution in [0.5, 0.6) is 0 Å². The summed E-state index contributed by atoms with van der Waals surface area (Å²) in [5.74, 6) is 0.640. The van der Waals surface area contributed by atoms with Crippen molar-refractivity contribution in [1.82, 2.24) is 5.32 Å². The largest absolute Gasteiger partial charge is 0.355 e. The van der Waals surface area contributed by atoms with E-state index >= 15 is 0 Å². The number of rotatable bonds is 7. The zero-order valence-corrected chi connectivity index (χ0v) is 11.5. The lowest BCUT2D eigenvalue weighted by Crippen LogP contribution is -2.41. The number of nitrogens with two attached hydrogens (primary N) is 1. The molecule has 0 rings (SSSR count). The first-order valence-corrected chi connectivity index (χ1v) is 6.33. The van der Waals surface area contributed by atoms with Crippen LogP contribution in [-0.4, -0.2) is 19.0 Å². The lowest BCUT2D eigenvalue weighted by atomic mass is 9.81. The topological polar surface area (TPSA) is 55.1 Å². The van der Waals surface area contributed by atoms with E-state index in [1.807, 2.05) is 0 Å². The standard InChI is InChI=1S/C13H28N2O/c1-6-7-11(8-14)12(16)15-9-13(4,5)10(2)3/h10-11H,6-9,14H2,1-5H3,(H,15,16). The molecule has 0 radical (unpaired) electrons. The Kier molecular flexibility index (Phi) is 6.65. The third-order valence-corrected chi connectivity index (χ3v) is 3.57. The second-order valence-electron chi connectivity index (χ2n) is 5.58. The molecule has 0 saturated heterocycles. The molecular formula is C13H28N2O. The minimum Gasteiger partial charge on any atom is -0.355 e. The van der Waals surface area contributed by atoms with E-state index in [0.29, 0.717) is 12.5 Å². The van der Waals surface area contributed by atoms with Crippen molar-refractivity contribution in [2.45, 2.75) is 47.5 Å². The molecule has 0 bridgehead atoms. The molecule has 0 aliphatic heterocycles. The van der Waals surface area contributed by atoms with Crippen molar-refractivity contribution < 1.29 is 4.79 Å². The van der Waals surface area contributed by atoms with Crippen molar-refractivity contribution in [3.05, 3.63) is 0 Å². The predicted molar refractivity (Wildman–Crippen MR) is 69.1 cm³/mol. The van der Waals surface area contributed by atoms with Crippen LogP contribution in [-0.2, 0) is 4.79 Å². The molecule has 1 atom stereocenters. The predicted octanol–water partition coefficient (Wildman–Crippen LogP) is 2.16. The quantitative estimate of drug-likeness (QED) is 0.701. The van der Waals surface area contributed by atoms with Crippen LogP contribution in [0.2, 0.25) is 0 Å². The van der Waals surface area contributed by atoms with Crippen molar-refractivity contribution in [2.24, 2.45) is 23.0 Å². The molecule has 0 aliphatic carbocycles. The van der Waals surface area contributed by atoms with Gasteiger partial charge < -0.3 is 11.1 Å². The van der Waals surface area contributed by atoms with E-state index in [-0.39, 0.29) is 17.2 Å². The smallest absolute Gasteiger partial charge is 0.224 e. The van der Waals surface area contributed by atoms with Gasteiger partial charge in [0.25, 0.3) is 0 Å². The molecule has 1 unspecified atom stereocenters. The van der Waals surface area contributed by atoms with Crippen molar-refractivity contribution in [3.63, 3.8) is 0 Å². The summed E-state index contributed by atoms with van der Waals surface area (Å²) in [4.78, 5) is 11.8. The van der Waals surface area contributed by atoms with Gasteiger partial charge in [-0.1, -0.05) is 41.0 Å². The summed E-state index contributed by atoms with van der Waals surface area (Å²) in [5, 5.41) is 3.02. The molecule has 3 heteroatoms. The van der Waals surface area contributed by atoms with Gasteiger partial charge in [0, 0.05) is 13.1 Å². The van der Waals surface area contributed by atoms with Gasteiger partial charge in [-0.2, -0.15) is 0 Å². The number of hydrogen-bond acceptors (Lipinski definition) is 2. The summed E-state index contributed by atoms with van der Waals surface area (Å²) >= 11 is 0. The van der Waals surface area contributed by atoms with E-state index in [9.17, 15) is 4.79 Å². The average Bonchev–Trinajstić information content (AvgIpc) is 2.22. The average molecular weight is 228 g/mol. The molecule has 3 nitrogen and oxygen atoms in total. The molecule has 0 aliphatic rings. The minimum atomic E-state index is -0.0204. The van der Waals surface area contributed by atoms with Gasteiger partial charge in [-0.05, 0) is 17.8 Å². The summed E-state index contributed by atoms with van der Waals surface area (Å²) in [6.07, 6.45) is 1.88. The molecule has 3 N–H and O–H groups in total. The van der Waals surface area contributed by atoms with Gasteiger partial charge in [-0.25, -0.2) is 0 Å². The van der Waals surface area contributed by atoms with E-state index < -0.39 is 0 Å². The lowest BCUT2D eigenvalue weighted by molar-refractivity contribution is -0.125. The van der Waals surface area contributed by atoms with Gasteiger partial charge >= 0.3 is 0 Å². The van der Waals surface area contributed by atoms with Gasteiger partial charge in [0.1, 0.15) is 0 Å². The molecule has 0 aromatic carbocycles. The zero-order chi connectivity index (χ0) is 12.8. The van der Waals surface area contributed by atoms with E-state index in [4.69, 9.17) is 5.73 Å². The van der Waals surface area contributed by atoms with Crippen LogP contribution < -0.4 is 11.1 Å². The lowest BCUT2D eigenvalue weighted by Gasteiger charge is -2.30. The van der Waals surface area contributed by atoms with Crippen LogP contribution in [0, 0.1) is 17.3 Å². The SMILES string of the molecule is CCCC(CN)C(=O)NCC(C)(C)C(C)C. The summed E-state index contributed by atoms with van der Waals surface area (Å²) < 4.78 is 0. The molecular weight excluding hydrogens is 200 g/mol. The summed E-state index contributed by atoms with van der Waals surface area (Å²) in [7, 11) is 0. The highest BCUT2D eigenvalue weighted by molar-refractivity contribution is 5.78. The Labute approximate surface area is 100 Å². The molecule has 0 aromatic rings. The number of nitrogens with one attached hydrogen (secondary N) is 1. The molecule has 0 aromatic heterocycles. The van der Waals surface area contributed by atoms with E-state index in [2.05, 4.69) is 39.9 Å². The van der Waals surface area contributed by atoms with Gasteiger partial charge in [0.2, 0.25) is 5.91 Å². The summed E-state index contributed by atoms with van der Waals surface area (Å²) in [5.41, 5.74) is 5.74. The van der Waals surface area contributed by atoms with Gasteiger partial charge in [0.15, 0.2) is 0 Å². The second-order valence-corrected chi connectivity index (χ2v) is 5.58. The Morgan fingerprint density at radius 3 is 2.31 bits per heavy atom. The van der Waals surface area contributed by atoms with Crippen LogP contribution in [0.4, 0.5) is 0 Å². The fraction of sp³-hybridized carbons (Fsp3) is 0.923. The van der Waals surface area contributed by atoms with Gasteiger partial charge in [0.05, 0.1) is 5.92 Å². The number of amides is 1. The van der Waals surface area contributed by atoms with Gasteiger partial charge in [-0.15, -0.1) is 0 Å². The molecule has 0 saturated carbocycles. The Morgan fingerprint density at radius 2 is 1.94 bits per heavy atom. The van der Waals surface area contributed by atoms with E-state index in [1.165, 1.54) is 0 Å². The molecule has 0 fully saturated rings. The first kappa shape index (κ1) is 15.4. The van der Waals surface area contributed by atoms with Gasteiger partial charge in [-0.3, -0.25) is 4.79 Å². The molecule has 0 spiro atoms. The second kappa shape index (κ2) is 6.89. The Bertz CT molecular complexity index is 212. The normalized spacial score (nSPS) is 13.9. The van der Waals surface area contributed by atoms with Crippen LogP contribution in [0.25, 0.3) is 0 Å². The molecule has 1 amide bonds. The maximum atomic E-state index is 11.8. The first-order valence-electron chi connectivity index (χ1n) is 6.33. The summed E-state index contributed by atoms with van der Waals surface area (Å²) in [6, 6.07) is 0. The highest BCUT2D eigenvalue weighted by Crippen LogP contribution is 2.24. The molecule has 0 heterocycles. The van der Waals surface area contributed by atoms with E-state index in [1.54, 1.807) is 0 Å². The van der Waals surface area contributed by atoms with Crippen LogP contribution in [0.1, 0.15) is 47.5 Å². The highest BCUT2D eigenvalue weighted by Gasteiger charge is 2.24.